The van der Waals surface area contributed by atoms with E-state index in [0.717, 1.165) is 43.3 Å². The lowest BCUT2D eigenvalue weighted by Gasteiger charge is -2.44. The number of carbonyl (C=O) groups is 1. The molecule has 0 aliphatic heterocycles. The first-order chi connectivity index (χ1) is 17.0. The first-order valence-corrected chi connectivity index (χ1v) is 15.3. The molecule has 3 saturated carbocycles. The zero-order chi connectivity index (χ0) is 26.5. The van der Waals surface area contributed by atoms with Crippen molar-refractivity contribution in [1.82, 2.24) is 0 Å². The van der Waals surface area contributed by atoms with Gasteiger partial charge < -0.3 is 19.3 Å². The first kappa shape index (κ1) is 29.3. The van der Waals surface area contributed by atoms with Crippen molar-refractivity contribution >= 4 is 13.4 Å². The number of carbonyl (C=O) groups excluding carboxylic acids is 1. The van der Waals surface area contributed by atoms with Gasteiger partial charge in [-0.25, -0.2) is 0 Å². The van der Waals surface area contributed by atoms with E-state index in [2.05, 4.69) is 32.6 Å². The standard InChI is InChI=1S/C29H45O6P/c1-6-34-36(33,35-7-2)19-24(30)13-10-20(3)26-14-15-27-22(9-8-16-29(26,27)5)11-12-23-17-25(31)18-28(32)21(23)4/h10-13,20,25-28,31-32H,4,6-9,14-19H2,1-3,5H3/b13-10+,22-11+,23-12-/t20-,25-,26-,27+,28+,29-/m1/s1. The zero-order valence-corrected chi connectivity index (χ0v) is 23.3. The molecule has 202 valence electrons. The van der Waals surface area contributed by atoms with Crippen LogP contribution in [0.4, 0.5) is 0 Å². The Morgan fingerprint density at radius 3 is 2.58 bits per heavy atom. The molecule has 3 fully saturated rings. The Balaban J connectivity index is 1.70. The molecule has 7 heteroatoms. The van der Waals surface area contributed by atoms with Crippen LogP contribution < -0.4 is 0 Å². The Labute approximate surface area is 217 Å². The number of hydrogen-bond donors (Lipinski definition) is 2. The molecular weight excluding hydrogens is 475 g/mol. The van der Waals surface area contributed by atoms with Gasteiger partial charge in [0.1, 0.15) is 6.16 Å². The Morgan fingerprint density at radius 2 is 1.92 bits per heavy atom. The minimum Gasteiger partial charge on any atom is -0.393 e. The van der Waals surface area contributed by atoms with Gasteiger partial charge in [-0.05, 0) is 92.8 Å². The molecule has 0 aromatic carbocycles. The average Bonchev–Trinajstić information content (AvgIpc) is 3.16. The largest absolute Gasteiger partial charge is 0.393 e. The fraction of sp³-hybridized carbons (Fsp3) is 0.690. The van der Waals surface area contributed by atoms with Crippen molar-refractivity contribution in [3.63, 3.8) is 0 Å². The lowest BCUT2D eigenvalue weighted by Crippen LogP contribution is -2.35. The number of ketones is 1. The number of fused-ring (bicyclic) bond motifs is 1. The third kappa shape index (κ3) is 6.76. The van der Waals surface area contributed by atoms with Crippen LogP contribution in [0.25, 0.3) is 0 Å². The molecule has 0 unspecified atom stereocenters. The molecular formula is C29H45O6P. The summed E-state index contributed by atoms with van der Waals surface area (Å²) in [5, 5.41) is 20.2. The van der Waals surface area contributed by atoms with Gasteiger partial charge in [-0.15, -0.1) is 0 Å². The third-order valence-corrected chi connectivity index (χ3v) is 10.5. The van der Waals surface area contributed by atoms with Crippen molar-refractivity contribution < 1.29 is 28.6 Å². The highest BCUT2D eigenvalue weighted by Gasteiger charge is 2.50. The van der Waals surface area contributed by atoms with Crippen molar-refractivity contribution in [2.24, 2.45) is 23.2 Å². The van der Waals surface area contributed by atoms with Gasteiger partial charge in [0.15, 0.2) is 5.78 Å². The molecule has 0 spiro atoms. The van der Waals surface area contributed by atoms with Gasteiger partial charge in [-0.3, -0.25) is 9.36 Å². The molecule has 0 amide bonds. The van der Waals surface area contributed by atoms with E-state index in [1.165, 1.54) is 5.57 Å². The fourth-order valence-corrected chi connectivity index (χ4v) is 8.30. The smallest absolute Gasteiger partial charge is 0.338 e. The number of rotatable bonds is 10. The lowest BCUT2D eigenvalue weighted by atomic mass is 9.61. The molecule has 0 radical (unpaired) electrons. The molecule has 0 bridgehead atoms. The summed E-state index contributed by atoms with van der Waals surface area (Å²) in [4.78, 5) is 12.6. The second-order valence-corrected chi connectivity index (χ2v) is 13.0. The summed E-state index contributed by atoms with van der Waals surface area (Å²) >= 11 is 0. The normalized spacial score (nSPS) is 34.4. The van der Waals surface area contributed by atoms with Crippen molar-refractivity contribution in [1.29, 1.82) is 0 Å². The molecule has 3 aliphatic carbocycles. The monoisotopic (exact) mass is 520 g/mol. The maximum absolute atomic E-state index is 12.7. The van der Waals surface area contributed by atoms with E-state index >= 15 is 0 Å². The molecule has 0 heterocycles. The van der Waals surface area contributed by atoms with Gasteiger partial charge in [0.25, 0.3) is 0 Å². The van der Waals surface area contributed by atoms with Crippen LogP contribution in [0.5, 0.6) is 0 Å². The maximum Gasteiger partial charge on any atom is 0.338 e. The molecule has 3 rings (SSSR count). The van der Waals surface area contributed by atoms with E-state index in [1.54, 1.807) is 19.9 Å². The van der Waals surface area contributed by atoms with Crippen LogP contribution in [0.3, 0.4) is 0 Å². The topological polar surface area (TPSA) is 93.1 Å². The maximum atomic E-state index is 12.7. The summed E-state index contributed by atoms with van der Waals surface area (Å²) in [6.07, 6.45) is 12.9. The molecule has 3 aliphatic rings. The average molecular weight is 521 g/mol. The quantitative estimate of drug-likeness (QED) is 0.265. The Bertz CT molecular complexity index is 939. The Hall–Kier alpha value is -1.30. The molecule has 2 N–H and O–H groups in total. The lowest BCUT2D eigenvalue weighted by molar-refractivity contribution is -0.112. The van der Waals surface area contributed by atoms with Gasteiger partial charge >= 0.3 is 7.60 Å². The summed E-state index contributed by atoms with van der Waals surface area (Å²) < 4.78 is 23.2. The van der Waals surface area contributed by atoms with Crippen molar-refractivity contribution in [3.8, 4) is 0 Å². The van der Waals surface area contributed by atoms with Crippen LogP contribution >= 0.6 is 7.60 Å². The van der Waals surface area contributed by atoms with Crippen LogP contribution in [0.15, 0.2) is 47.6 Å². The van der Waals surface area contributed by atoms with Crippen molar-refractivity contribution in [2.45, 2.75) is 84.8 Å². The second-order valence-electron chi connectivity index (χ2n) is 11.0. The van der Waals surface area contributed by atoms with Crippen molar-refractivity contribution in [2.75, 3.05) is 19.4 Å². The molecule has 0 saturated heterocycles. The van der Waals surface area contributed by atoms with E-state index < -0.39 is 19.8 Å². The van der Waals surface area contributed by atoms with Crippen LogP contribution in [-0.4, -0.2) is 47.6 Å². The van der Waals surface area contributed by atoms with Gasteiger partial charge in [-0.1, -0.05) is 44.2 Å². The molecule has 0 aromatic rings. The highest BCUT2D eigenvalue weighted by Crippen LogP contribution is 2.59. The number of aliphatic hydroxyl groups is 2. The highest BCUT2D eigenvalue weighted by atomic mass is 31.2. The van der Waals surface area contributed by atoms with Crippen LogP contribution in [0, 0.1) is 23.2 Å². The third-order valence-electron chi connectivity index (χ3n) is 8.52. The van der Waals surface area contributed by atoms with E-state index in [-0.39, 0.29) is 36.5 Å². The summed E-state index contributed by atoms with van der Waals surface area (Å²) in [6, 6.07) is 0. The summed E-state index contributed by atoms with van der Waals surface area (Å²) in [5.74, 6) is 0.952. The van der Waals surface area contributed by atoms with Crippen LogP contribution in [0.2, 0.25) is 0 Å². The van der Waals surface area contributed by atoms with Gasteiger partial charge in [-0.2, -0.15) is 0 Å². The van der Waals surface area contributed by atoms with Gasteiger partial charge in [0.2, 0.25) is 0 Å². The van der Waals surface area contributed by atoms with Crippen LogP contribution in [-0.2, 0) is 18.4 Å². The molecule has 6 atom stereocenters. The minimum absolute atomic E-state index is 0.157. The van der Waals surface area contributed by atoms with E-state index in [9.17, 15) is 19.6 Å². The zero-order valence-electron chi connectivity index (χ0n) is 22.4. The fourth-order valence-electron chi connectivity index (χ4n) is 6.77. The molecule has 36 heavy (non-hydrogen) atoms. The highest BCUT2D eigenvalue weighted by molar-refractivity contribution is 7.54. The van der Waals surface area contributed by atoms with Crippen molar-refractivity contribution in [3.05, 3.63) is 47.6 Å². The van der Waals surface area contributed by atoms with Gasteiger partial charge in [0, 0.05) is 6.42 Å². The first-order valence-electron chi connectivity index (χ1n) is 13.6. The van der Waals surface area contributed by atoms with Crippen LogP contribution in [0.1, 0.15) is 72.6 Å². The SMILES string of the molecule is C=C1/C(=C\C=C2/CCC[C@]3(C)[C@@H]([C@H](C)/C=C/C(=O)CP(=O)(OCC)OCC)CC[C@@H]23)C[C@@H](O)C[C@@H]1O. The number of aliphatic hydroxyl groups excluding tert-OH is 2. The number of hydrogen-bond acceptors (Lipinski definition) is 6. The summed E-state index contributed by atoms with van der Waals surface area (Å²) in [5.41, 5.74) is 3.27. The minimum atomic E-state index is -3.39. The molecule has 6 nitrogen and oxygen atoms in total. The second kappa shape index (κ2) is 12.5. The van der Waals surface area contributed by atoms with E-state index in [4.69, 9.17) is 9.05 Å². The van der Waals surface area contributed by atoms with E-state index in [1.807, 2.05) is 6.08 Å². The van der Waals surface area contributed by atoms with Gasteiger partial charge in [0.05, 0.1) is 25.4 Å². The summed E-state index contributed by atoms with van der Waals surface area (Å²) in [7, 11) is -3.39. The number of allylic oxidation sites excluding steroid dienone is 5. The molecule has 0 aromatic heterocycles. The Kier molecular flexibility index (Phi) is 10.2. The predicted molar refractivity (Wildman–Crippen MR) is 144 cm³/mol. The Morgan fingerprint density at radius 1 is 1.22 bits per heavy atom. The van der Waals surface area contributed by atoms with E-state index in [0.29, 0.717) is 24.7 Å². The summed E-state index contributed by atoms with van der Waals surface area (Å²) in [6.45, 7) is 12.6. The predicted octanol–water partition coefficient (Wildman–Crippen LogP) is 6.15.